The van der Waals surface area contributed by atoms with Crippen LogP contribution in [-0.4, -0.2) is 159 Å². The number of nitriles is 1. The fourth-order valence-electron chi connectivity index (χ4n) is 11.9. The molecular weight excluding hydrogens is 1150 g/mol. The molecule has 462 valence electrons. The molecule has 28 heteroatoms. The molecule has 0 spiro atoms. The van der Waals surface area contributed by atoms with E-state index in [1.165, 1.54) is 4.90 Å². The van der Waals surface area contributed by atoms with E-state index in [9.17, 15) is 33.6 Å². The number of phosphoric ester groups is 2. The smallest absolute Gasteiger partial charge is 0.474 e. The molecule has 2 amide bonds. The highest BCUT2D eigenvalue weighted by molar-refractivity contribution is 7.61. The van der Waals surface area contributed by atoms with Crippen LogP contribution in [0.3, 0.4) is 0 Å². The summed E-state index contributed by atoms with van der Waals surface area (Å²) >= 11 is 0. The number of aliphatic hydroxyl groups is 1. The molecule has 5 aliphatic rings. The summed E-state index contributed by atoms with van der Waals surface area (Å²) in [6.45, 7) is 10.5. The zero-order valence-electron chi connectivity index (χ0n) is 48.5. The number of likely N-dealkylation sites (tertiary alicyclic amines) is 2. The van der Waals surface area contributed by atoms with Crippen molar-refractivity contribution in [2.75, 3.05) is 74.8 Å². The normalized spacial score (nSPS) is 23.6. The van der Waals surface area contributed by atoms with E-state index in [1.807, 2.05) is 39.0 Å². The van der Waals surface area contributed by atoms with Crippen LogP contribution >= 0.6 is 15.6 Å². The Morgan fingerprint density at radius 1 is 0.860 bits per heavy atom. The molecule has 0 radical (unpaired) electrons. The van der Waals surface area contributed by atoms with Crippen LogP contribution in [0.5, 0.6) is 17.5 Å². The van der Waals surface area contributed by atoms with Gasteiger partial charge in [-0.15, -0.1) is 10.2 Å². The first-order chi connectivity index (χ1) is 41.3. The number of carbonyl (C=O) groups excluding carboxylic acids is 2. The number of aromatic nitrogens is 4. The maximum Gasteiger partial charge on any atom is 0.484 e. The van der Waals surface area contributed by atoms with E-state index < -0.39 is 40.5 Å². The zero-order chi connectivity index (χ0) is 60.7. The molecule has 5 fully saturated rings. The second kappa shape index (κ2) is 27.5. The Labute approximate surface area is 499 Å². The fourth-order valence-corrected chi connectivity index (χ4v) is 13.9. The van der Waals surface area contributed by atoms with Gasteiger partial charge in [-0.3, -0.25) is 19.0 Å². The number of rotatable bonds is 26. The lowest BCUT2D eigenvalue weighted by atomic mass is 9.91. The number of para-hydroxylation sites is 1. The predicted molar refractivity (Wildman–Crippen MR) is 313 cm³/mol. The number of nitrogens with two attached hydrogens (primary N) is 1. The number of phosphoric acid groups is 2. The molecule has 5 aromatic rings. The number of fused-ring (bicyclic) bond motifs is 2. The lowest BCUT2D eigenvalue weighted by Crippen LogP contribution is -2.54. The summed E-state index contributed by atoms with van der Waals surface area (Å²) in [6.07, 6.45) is 6.96. The Morgan fingerprint density at radius 2 is 1.59 bits per heavy atom. The van der Waals surface area contributed by atoms with Gasteiger partial charge in [0.2, 0.25) is 17.7 Å². The number of nitrogen functional groups attached to an aromatic ring is 1. The van der Waals surface area contributed by atoms with Crippen molar-refractivity contribution in [2.24, 2.45) is 5.92 Å². The van der Waals surface area contributed by atoms with Crippen molar-refractivity contribution < 1.29 is 70.4 Å². The summed E-state index contributed by atoms with van der Waals surface area (Å²) in [6, 6.07) is 22.5. The van der Waals surface area contributed by atoms with E-state index in [1.54, 1.807) is 67.7 Å². The lowest BCUT2D eigenvalue weighted by Gasteiger charge is -2.43. The predicted octanol–water partition coefficient (Wildman–Crippen LogP) is 6.88. The van der Waals surface area contributed by atoms with Crippen molar-refractivity contribution in [3.05, 3.63) is 95.9 Å². The summed E-state index contributed by atoms with van der Waals surface area (Å²) in [5.74, 6) is 0.00568. The standard InChI is InChI=1S/C58H75N11O15P2/c1-5-23-79-85(73,74)84-86(75,76)80-35-78-51-9-7-6-8-47(51)48-29-49(56(60)64-63-48)67-32-41-14-15-42(33-67)69(41)40-16-19-61-53(25-40)82-46-27-45(28-46)81-44-17-20-66(21-18-44)22-24-77-54-30-52(83-65-54)55(36(2)3)58(72)68-34-43(70)26-50(68)57(71)62-37(4)39-12-10-38(31-59)11-13-39/h6-13,16,19,25,29-30,36-37,41-46,50,55,70H,5,14-15,17-18,20-24,26-28,32-35H2,1-4H3,(H2,60,64)(H,62,71)(H,73,74)(H,75,76)/t37-,41?,42?,43+,45-,46-,50-,55+/m0/s1. The first kappa shape index (κ1) is 62.3. The van der Waals surface area contributed by atoms with Gasteiger partial charge in [0.05, 0.1) is 54.0 Å². The number of β-amino-alcohol motifs (C(OH)–C–C–N with tert-alkyl or cyclic N) is 1. The van der Waals surface area contributed by atoms with Crippen molar-refractivity contribution in [3.63, 3.8) is 0 Å². The van der Waals surface area contributed by atoms with E-state index in [0.717, 1.165) is 62.9 Å². The third kappa shape index (κ3) is 15.3. The summed E-state index contributed by atoms with van der Waals surface area (Å²) in [7, 11) is -9.89. The number of piperidine rings is 1. The molecular formula is C58H75N11O15P2. The molecule has 1 aliphatic carbocycles. The molecule has 2 aromatic carbocycles. The Bertz CT molecular complexity index is 3270. The van der Waals surface area contributed by atoms with Gasteiger partial charge in [-0.1, -0.05) is 45.0 Å². The molecule has 86 heavy (non-hydrogen) atoms. The summed E-state index contributed by atoms with van der Waals surface area (Å²) in [5.41, 5.74) is 10.5. The van der Waals surface area contributed by atoms with Crippen molar-refractivity contribution in [2.45, 2.75) is 134 Å². The van der Waals surface area contributed by atoms with E-state index >= 15 is 0 Å². The molecule has 4 aliphatic heterocycles. The fraction of sp³-hybridized carbons (Fsp3) is 0.534. The average Bonchev–Trinajstić information content (AvgIpc) is 4.41. The molecule has 1 saturated carbocycles. The van der Waals surface area contributed by atoms with Crippen molar-refractivity contribution in [1.29, 1.82) is 5.26 Å². The second-order valence-electron chi connectivity index (χ2n) is 22.8. The van der Waals surface area contributed by atoms with E-state index in [4.69, 9.17) is 39.0 Å². The van der Waals surface area contributed by atoms with Crippen LogP contribution in [0.1, 0.15) is 108 Å². The van der Waals surface area contributed by atoms with Gasteiger partial charge >= 0.3 is 15.6 Å². The Balaban J connectivity index is 0.643. The van der Waals surface area contributed by atoms with Gasteiger partial charge in [-0.25, -0.2) is 18.6 Å². The number of nitrogens with one attached hydrogen (secondary N) is 1. The molecule has 2 bridgehead atoms. The minimum Gasteiger partial charge on any atom is -0.474 e. The molecule has 3 aromatic heterocycles. The van der Waals surface area contributed by atoms with Crippen molar-refractivity contribution in [1.82, 2.24) is 35.5 Å². The van der Waals surface area contributed by atoms with E-state index in [-0.39, 0.29) is 91.2 Å². The summed E-state index contributed by atoms with van der Waals surface area (Å²) in [5, 5.41) is 35.5. The van der Waals surface area contributed by atoms with Crippen LogP contribution < -0.4 is 35.1 Å². The molecule has 4 unspecified atom stereocenters. The first-order valence-electron chi connectivity index (χ1n) is 29.3. The maximum absolute atomic E-state index is 14.2. The number of hydrogen-bond donors (Lipinski definition) is 5. The van der Waals surface area contributed by atoms with Crippen LogP contribution in [-0.2, 0) is 36.8 Å². The highest BCUT2D eigenvalue weighted by atomic mass is 31.3. The van der Waals surface area contributed by atoms with E-state index in [2.05, 4.69) is 55.3 Å². The van der Waals surface area contributed by atoms with Crippen LogP contribution in [0.2, 0.25) is 0 Å². The number of ether oxygens (including phenoxy) is 4. The lowest BCUT2D eigenvalue weighted by molar-refractivity contribution is -0.141. The third-order valence-electron chi connectivity index (χ3n) is 16.3. The third-order valence-corrected chi connectivity index (χ3v) is 18.9. The van der Waals surface area contributed by atoms with Crippen molar-refractivity contribution in [3.8, 4) is 34.8 Å². The zero-order valence-corrected chi connectivity index (χ0v) is 50.3. The van der Waals surface area contributed by atoms with E-state index in [0.29, 0.717) is 66.8 Å². The number of hydrogen-bond acceptors (Lipinski definition) is 22. The Hall–Kier alpha value is -6.75. The molecule has 8 atom stereocenters. The number of pyridine rings is 1. The van der Waals surface area contributed by atoms with Gasteiger partial charge in [0, 0.05) is 100 Å². The van der Waals surface area contributed by atoms with Crippen LogP contribution in [0.4, 0.5) is 17.2 Å². The minimum atomic E-state index is -5.04. The molecule has 10 rings (SSSR count). The molecule has 4 saturated heterocycles. The molecule has 7 heterocycles. The Morgan fingerprint density at radius 3 is 2.31 bits per heavy atom. The number of piperazine rings is 1. The van der Waals surface area contributed by atoms with Gasteiger partial charge < -0.3 is 64.1 Å². The highest BCUT2D eigenvalue weighted by Crippen LogP contribution is 2.60. The number of nitrogens with zero attached hydrogens (tertiary/aromatic N) is 9. The van der Waals surface area contributed by atoms with Crippen LogP contribution in [0.25, 0.3) is 11.3 Å². The number of carbonyl (C=O) groups is 2. The van der Waals surface area contributed by atoms with Gasteiger partial charge in [-0.2, -0.15) is 9.57 Å². The topological polar surface area (TPSA) is 333 Å². The SMILES string of the molecule is CCCOP(=O)(O)OP(=O)(O)OCOc1ccccc1-c1cc(N2CC3CCC(C2)N3c2ccnc(O[C@H]3C[C@H](OC4CCN(CCOc5cc([C@H](C(=O)N6C[C@H](O)C[C@H]6C(=O)N[C@@H](C)c6ccc(C#N)cc6)C(C)C)on5)CC4)C3)c2)c(N)nn1. The largest absolute Gasteiger partial charge is 0.484 e. The second-order valence-corrected chi connectivity index (χ2v) is 25.8. The molecule has 6 N–H and O–H groups in total. The number of aliphatic hydroxyl groups excluding tert-OH is 1. The minimum absolute atomic E-state index is 0.00575. The van der Waals surface area contributed by atoms with Crippen LogP contribution in [0, 0.1) is 17.2 Å². The number of amides is 2. The van der Waals surface area contributed by atoms with Gasteiger partial charge in [0.25, 0.3) is 5.88 Å². The maximum atomic E-state index is 14.2. The monoisotopic (exact) mass is 1230 g/mol. The quantitative estimate of drug-likeness (QED) is 0.0278. The number of benzene rings is 2. The van der Waals surface area contributed by atoms with Crippen LogP contribution in [0.15, 0.2) is 83.5 Å². The van der Waals surface area contributed by atoms with Gasteiger partial charge in [-0.05, 0) is 92.1 Å². The van der Waals surface area contributed by atoms with Gasteiger partial charge in [0.1, 0.15) is 30.4 Å². The summed E-state index contributed by atoms with van der Waals surface area (Å²) < 4.78 is 68.6. The number of anilines is 3. The average molecular weight is 1230 g/mol. The van der Waals surface area contributed by atoms with Crippen molar-refractivity contribution >= 4 is 44.7 Å². The summed E-state index contributed by atoms with van der Waals surface area (Å²) in [4.78, 5) is 60.5. The highest BCUT2D eigenvalue weighted by Gasteiger charge is 2.45. The van der Waals surface area contributed by atoms with Gasteiger partial charge in [0.15, 0.2) is 18.4 Å². The molecule has 26 nitrogen and oxygen atoms in total. The Kier molecular flexibility index (Phi) is 19.9. The first-order valence-corrected chi connectivity index (χ1v) is 32.2.